The van der Waals surface area contributed by atoms with Crippen molar-refractivity contribution in [2.75, 3.05) is 6.54 Å². The van der Waals surface area contributed by atoms with Gasteiger partial charge in [-0.15, -0.1) is 6.58 Å². The fourth-order valence-corrected chi connectivity index (χ4v) is 2.06. The normalized spacial score (nSPS) is 12.5. The van der Waals surface area contributed by atoms with Gasteiger partial charge in [0.25, 0.3) is 0 Å². The second-order valence-electron chi connectivity index (χ2n) is 5.62. The third-order valence-electron chi connectivity index (χ3n) is 3.41. The Morgan fingerprint density at radius 2 is 1.92 bits per heavy atom. The minimum Gasteiger partial charge on any atom is -0.480 e. The van der Waals surface area contributed by atoms with Gasteiger partial charge in [0, 0.05) is 6.54 Å². The lowest BCUT2D eigenvalue weighted by Gasteiger charge is -2.16. The SMILES string of the molecule is C=CCC[C@H](NC(=O)C[C@@H](O)CNC(=O)OCc1ccccc1)C(=O)O. The molecule has 0 radical (unpaired) electrons. The number of aliphatic hydroxyl groups is 1. The van der Waals surface area contributed by atoms with Gasteiger partial charge in [0.2, 0.25) is 5.91 Å². The summed E-state index contributed by atoms with van der Waals surface area (Å²) in [4.78, 5) is 34.4. The highest BCUT2D eigenvalue weighted by Crippen LogP contribution is 2.02. The van der Waals surface area contributed by atoms with Gasteiger partial charge >= 0.3 is 12.1 Å². The lowest BCUT2D eigenvalue weighted by Crippen LogP contribution is -2.43. The molecule has 0 heterocycles. The number of rotatable bonds is 11. The van der Waals surface area contributed by atoms with E-state index in [1.165, 1.54) is 0 Å². The molecule has 142 valence electrons. The molecule has 0 bridgehead atoms. The fraction of sp³-hybridized carbons (Fsp3) is 0.389. The lowest BCUT2D eigenvalue weighted by molar-refractivity contribution is -0.142. The number of hydrogen-bond donors (Lipinski definition) is 4. The highest BCUT2D eigenvalue weighted by atomic mass is 16.5. The minimum absolute atomic E-state index is 0.0901. The second kappa shape index (κ2) is 11.6. The number of ether oxygens (including phenoxy) is 1. The Kier molecular flexibility index (Phi) is 9.48. The largest absolute Gasteiger partial charge is 0.480 e. The summed E-state index contributed by atoms with van der Waals surface area (Å²) in [7, 11) is 0. The summed E-state index contributed by atoms with van der Waals surface area (Å²) in [5.41, 5.74) is 0.821. The van der Waals surface area contributed by atoms with Crippen LogP contribution in [0.2, 0.25) is 0 Å². The maximum absolute atomic E-state index is 11.8. The number of benzene rings is 1. The highest BCUT2D eigenvalue weighted by molar-refractivity contribution is 5.83. The average Bonchev–Trinajstić information content (AvgIpc) is 2.62. The van der Waals surface area contributed by atoms with Gasteiger partial charge in [-0.3, -0.25) is 4.79 Å². The molecule has 2 atom stereocenters. The average molecular weight is 364 g/mol. The zero-order chi connectivity index (χ0) is 19.4. The van der Waals surface area contributed by atoms with Crippen LogP contribution >= 0.6 is 0 Å². The van der Waals surface area contributed by atoms with Gasteiger partial charge in [-0.05, 0) is 18.4 Å². The molecule has 0 saturated heterocycles. The van der Waals surface area contributed by atoms with Crippen LogP contribution in [-0.4, -0.2) is 46.9 Å². The summed E-state index contributed by atoms with van der Waals surface area (Å²) in [6.07, 6.45) is -0.00575. The smallest absolute Gasteiger partial charge is 0.407 e. The molecule has 0 fully saturated rings. The van der Waals surface area contributed by atoms with Crippen LogP contribution in [0.5, 0.6) is 0 Å². The number of aliphatic hydroxyl groups excluding tert-OH is 1. The van der Waals surface area contributed by atoms with Gasteiger partial charge in [0.15, 0.2) is 0 Å². The van der Waals surface area contributed by atoms with E-state index in [-0.39, 0.29) is 26.0 Å². The van der Waals surface area contributed by atoms with E-state index in [1.54, 1.807) is 18.2 Å². The summed E-state index contributed by atoms with van der Waals surface area (Å²) in [5, 5.41) is 23.5. The quantitative estimate of drug-likeness (QED) is 0.437. The van der Waals surface area contributed by atoms with Crippen molar-refractivity contribution in [3.63, 3.8) is 0 Å². The first kappa shape index (κ1) is 21.2. The number of alkyl carbamates (subject to hydrolysis) is 1. The Labute approximate surface area is 151 Å². The van der Waals surface area contributed by atoms with Crippen LogP contribution in [0.15, 0.2) is 43.0 Å². The number of carboxylic acid groups (broad SMARTS) is 1. The van der Waals surface area contributed by atoms with Crippen LogP contribution in [0.1, 0.15) is 24.8 Å². The zero-order valence-electron chi connectivity index (χ0n) is 14.4. The van der Waals surface area contributed by atoms with E-state index in [1.807, 2.05) is 18.2 Å². The topological polar surface area (TPSA) is 125 Å². The van der Waals surface area contributed by atoms with Crippen LogP contribution in [-0.2, 0) is 20.9 Å². The van der Waals surface area contributed by atoms with Crippen molar-refractivity contribution in [3.8, 4) is 0 Å². The Morgan fingerprint density at radius 1 is 1.23 bits per heavy atom. The number of allylic oxidation sites excluding steroid dienone is 1. The number of amides is 2. The number of carbonyl (C=O) groups is 3. The molecular formula is C18H24N2O6. The van der Waals surface area contributed by atoms with Crippen molar-refractivity contribution in [1.29, 1.82) is 0 Å². The Hall–Kier alpha value is -2.87. The first-order valence-electron chi connectivity index (χ1n) is 8.18. The molecular weight excluding hydrogens is 340 g/mol. The van der Waals surface area contributed by atoms with E-state index < -0.39 is 30.1 Å². The van der Waals surface area contributed by atoms with Crippen LogP contribution in [0.25, 0.3) is 0 Å². The van der Waals surface area contributed by atoms with Gasteiger partial charge in [-0.25, -0.2) is 9.59 Å². The highest BCUT2D eigenvalue weighted by Gasteiger charge is 2.21. The molecule has 8 heteroatoms. The maximum atomic E-state index is 11.8. The van der Waals surface area contributed by atoms with Crippen LogP contribution < -0.4 is 10.6 Å². The van der Waals surface area contributed by atoms with Crippen molar-refractivity contribution >= 4 is 18.0 Å². The number of carbonyl (C=O) groups excluding carboxylic acids is 2. The maximum Gasteiger partial charge on any atom is 0.407 e. The summed E-state index contributed by atoms with van der Waals surface area (Å²) < 4.78 is 4.97. The Bertz CT molecular complexity index is 605. The molecule has 2 amide bonds. The molecule has 1 aromatic rings. The lowest BCUT2D eigenvalue weighted by atomic mass is 10.1. The van der Waals surface area contributed by atoms with E-state index in [9.17, 15) is 19.5 Å². The predicted octanol–water partition coefficient (Wildman–Crippen LogP) is 1.20. The van der Waals surface area contributed by atoms with Crippen molar-refractivity contribution < 1.29 is 29.3 Å². The van der Waals surface area contributed by atoms with E-state index >= 15 is 0 Å². The first-order chi connectivity index (χ1) is 12.4. The van der Waals surface area contributed by atoms with E-state index in [4.69, 9.17) is 9.84 Å². The second-order valence-corrected chi connectivity index (χ2v) is 5.62. The Morgan fingerprint density at radius 3 is 2.54 bits per heavy atom. The number of carboxylic acids is 1. The number of hydrogen-bond acceptors (Lipinski definition) is 5. The summed E-state index contributed by atoms with van der Waals surface area (Å²) in [5.74, 6) is -1.77. The number of aliphatic carboxylic acids is 1. The van der Waals surface area contributed by atoms with Crippen molar-refractivity contribution in [1.82, 2.24) is 10.6 Å². The Balaban J connectivity index is 2.28. The molecule has 0 aliphatic carbocycles. The van der Waals surface area contributed by atoms with E-state index in [2.05, 4.69) is 17.2 Å². The molecule has 4 N–H and O–H groups in total. The molecule has 1 aromatic carbocycles. The first-order valence-corrected chi connectivity index (χ1v) is 8.18. The fourth-order valence-electron chi connectivity index (χ4n) is 2.06. The zero-order valence-corrected chi connectivity index (χ0v) is 14.4. The third-order valence-corrected chi connectivity index (χ3v) is 3.41. The molecule has 1 rings (SSSR count). The van der Waals surface area contributed by atoms with Crippen molar-refractivity contribution in [3.05, 3.63) is 48.6 Å². The monoisotopic (exact) mass is 364 g/mol. The molecule has 8 nitrogen and oxygen atoms in total. The van der Waals surface area contributed by atoms with Crippen LogP contribution in [0.3, 0.4) is 0 Å². The molecule has 0 aromatic heterocycles. The number of nitrogens with one attached hydrogen (secondary N) is 2. The third kappa shape index (κ3) is 8.84. The van der Waals surface area contributed by atoms with Gasteiger partial charge in [-0.2, -0.15) is 0 Å². The van der Waals surface area contributed by atoms with E-state index in [0.717, 1.165) is 5.56 Å². The molecule has 0 aliphatic rings. The van der Waals surface area contributed by atoms with Crippen LogP contribution in [0.4, 0.5) is 4.79 Å². The van der Waals surface area contributed by atoms with Crippen LogP contribution in [0, 0.1) is 0 Å². The molecule has 0 spiro atoms. The van der Waals surface area contributed by atoms with E-state index in [0.29, 0.717) is 6.42 Å². The summed E-state index contributed by atoms with van der Waals surface area (Å²) in [6.45, 7) is 3.40. The van der Waals surface area contributed by atoms with Gasteiger partial charge in [-0.1, -0.05) is 36.4 Å². The van der Waals surface area contributed by atoms with Gasteiger partial charge in [0.05, 0.1) is 12.5 Å². The van der Waals surface area contributed by atoms with Crippen molar-refractivity contribution in [2.45, 2.75) is 38.0 Å². The van der Waals surface area contributed by atoms with Gasteiger partial charge < -0.3 is 25.6 Å². The summed E-state index contributed by atoms with van der Waals surface area (Å²) in [6, 6.07) is 8.04. The minimum atomic E-state index is -1.16. The molecule has 0 unspecified atom stereocenters. The standard InChI is InChI=1S/C18H24N2O6/c1-2-3-9-15(17(23)24)20-16(22)10-14(21)11-19-18(25)26-12-13-7-5-4-6-8-13/h2,4-8,14-15,21H,1,3,9-12H2,(H,19,25)(H,20,22)(H,23,24)/t14-,15+/m1/s1. The molecule has 0 saturated carbocycles. The van der Waals surface area contributed by atoms with Gasteiger partial charge in [0.1, 0.15) is 12.6 Å². The van der Waals surface area contributed by atoms with Crippen molar-refractivity contribution in [2.24, 2.45) is 0 Å². The molecule has 0 aliphatic heterocycles. The summed E-state index contributed by atoms with van der Waals surface area (Å²) >= 11 is 0. The predicted molar refractivity (Wildman–Crippen MR) is 94.3 cm³/mol. The molecule has 26 heavy (non-hydrogen) atoms.